The van der Waals surface area contributed by atoms with E-state index in [1.807, 2.05) is 0 Å². The lowest BCUT2D eigenvalue weighted by Gasteiger charge is -1.89. The standard InChI is InChI=1S/C6H4N2O3S.NO3/c7-8-5-3-1-2-4-6(5)12(9,10)11;2-1(3)4/h1-4H;/q;-1/p+1. The summed E-state index contributed by atoms with van der Waals surface area (Å²) in [5, 5.41) is 23.1. The fourth-order valence-corrected chi connectivity index (χ4v) is 1.38. The van der Waals surface area contributed by atoms with Crippen molar-refractivity contribution in [2.45, 2.75) is 4.90 Å². The summed E-state index contributed by atoms with van der Waals surface area (Å²) < 4.78 is 29.8. The molecular weight excluding hydrogens is 242 g/mol. The monoisotopic (exact) mass is 247 g/mol. The molecule has 0 spiro atoms. The second-order valence-electron chi connectivity index (χ2n) is 2.27. The van der Waals surface area contributed by atoms with Crippen LogP contribution in [0.2, 0.25) is 0 Å². The van der Waals surface area contributed by atoms with E-state index in [4.69, 9.17) is 25.3 Å². The number of benzene rings is 1. The predicted molar refractivity (Wildman–Crippen MR) is 51.4 cm³/mol. The van der Waals surface area contributed by atoms with Crippen LogP contribution < -0.4 is 0 Å². The Kier molecular flexibility index (Phi) is 4.80. The van der Waals surface area contributed by atoms with Gasteiger partial charge in [-0.15, -0.1) is 0 Å². The van der Waals surface area contributed by atoms with Crippen molar-refractivity contribution in [3.63, 3.8) is 0 Å². The van der Waals surface area contributed by atoms with Crippen LogP contribution in [-0.2, 0) is 10.1 Å². The Bertz CT molecular complexity index is 515. The van der Waals surface area contributed by atoms with E-state index in [9.17, 15) is 8.42 Å². The van der Waals surface area contributed by atoms with Crippen molar-refractivity contribution in [2.24, 2.45) is 0 Å². The van der Waals surface area contributed by atoms with Gasteiger partial charge in [-0.1, -0.05) is 12.1 Å². The topological polar surface area (TPSA) is 149 Å². The predicted octanol–water partition coefficient (Wildman–Crippen LogP) is 1.18. The highest BCUT2D eigenvalue weighted by Crippen LogP contribution is 2.22. The van der Waals surface area contributed by atoms with Crippen molar-refractivity contribution in [2.75, 3.05) is 0 Å². The van der Waals surface area contributed by atoms with Crippen LogP contribution in [0.4, 0.5) is 5.69 Å². The maximum Gasteiger partial charge on any atom is 0.405 e. The molecular formula is C6H5N3O6S. The molecule has 10 heteroatoms. The quantitative estimate of drug-likeness (QED) is 0.338. The zero-order chi connectivity index (χ0) is 12.8. The van der Waals surface area contributed by atoms with Gasteiger partial charge in [0, 0.05) is 6.07 Å². The van der Waals surface area contributed by atoms with Crippen LogP contribution in [0.3, 0.4) is 0 Å². The third kappa shape index (κ3) is 4.84. The average Bonchev–Trinajstić information content (AvgIpc) is 2.15. The minimum atomic E-state index is -4.30. The number of hydrogen-bond acceptors (Lipinski definition) is 6. The smallest absolute Gasteiger partial charge is 0.356 e. The molecule has 86 valence electrons. The Labute approximate surface area is 89.4 Å². The van der Waals surface area contributed by atoms with Gasteiger partial charge in [-0.05, 0) is 6.07 Å². The van der Waals surface area contributed by atoms with Gasteiger partial charge in [0.15, 0.2) is 9.87 Å². The molecule has 1 aromatic carbocycles. The van der Waals surface area contributed by atoms with Crippen LogP contribution in [0.15, 0.2) is 29.2 Å². The zero-order valence-corrected chi connectivity index (χ0v) is 8.36. The lowest BCUT2D eigenvalue weighted by molar-refractivity contribution is -0.402. The molecule has 0 heterocycles. The number of diazo groups is 1. The van der Waals surface area contributed by atoms with Gasteiger partial charge in [-0.25, -0.2) is 0 Å². The molecule has 0 aliphatic carbocycles. The molecule has 16 heavy (non-hydrogen) atoms. The molecule has 0 aliphatic heterocycles. The summed E-state index contributed by atoms with van der Waals surface area (Å²) in [6, 6.07) is 5.31. The molecule has 0 saturated heterocycles. The van der Waals surface area contributed by atoms with Crippen molar-refractivity contribution in [1.82, 2.24) is 0 Å². The lowest BCUT2D eigenvalue weighted by Crippen LogP contribution is -1.97. The largest absolute Gasteiger partial charge is 0.405 e. The van der Waals surface area contributed by atoms with Gasteiger partial charge in [-0.2, -0.15) is 8.42 Å². The van der Waals surface area contributed by atoms with E-state index in [1.54, 1.807) is 0 Å². The van der Waals surface area contributed by atoms with Crippen LogP contribution in [-0.4, -0.2) is 18.1 Å². The molecule has 1 rings (SSSR count). The highest BCUT2D eigenvalue weighted by Gasteiger charge is 2.22. The zero-order valence-electron chi connectivity index (χ0n) is 7.55. The molecule has 1 N–H and O–H groups in total. The summed E-state index contributed by atoms with van der Waals surface area (Å²) >= 11 is 0. The van der Waals surface area contributed by atoms with Gasteiger partial charge < -0.3 is 15.3 Å². The Morgan fingerprint density at radius 2 is 1.75 bits per heavy atom. The minimum Gasteiger partial charge on any atom is -0.356 e. The van der Waals surface area contributed by atoms with Gasteiger partial charge in [0.05, 0.1) is 5.09 Å². The fourth-order valence-electron chi connectivity index (χ4n) is 0.758. The van der Waals surface area contributed by atoms with E-state index in [0.717, 1.165) is 6.07 Å². The van der Waals surface area contributed by atoms with Crippen molar-refractivity contribution >= 4 is 15.8 Å². The number of rotatable bonds is 1. The van der Waals surface area contributed by atoms with Crippen molar-refractivity contribution in [1.29, 1.82) is 5.39 Å². The summed E-state index contributed by atoms with van der Waals surface area (Å²) in [6.45, 7) is 0. The third-order valence-electron chi connectivity index (χ3n) is 1.25. The summed E-state index contributed by atoms with van der Waals surface area (Å²) in [5.74, 6) is 0. The van der Waals surface area contributed by atoms with Gasteiger partial charge in [0.1, 0.15) is 0 Å². The minimum absolute atomic E-state index is 0.181. The Balaban J connectivity index is 0.000000487. The average molecular weight is 247 g/mol. The normalized spacial score (nSPS) is 9.50. The first-order chi connectivity index (χ1) is 7.29. The van der Waals surface area contributed by atoms with Crippen molar-refractivity contribution < 1.29 is 18.1 Å². The molecule has 0 aliphatic rings. The number of hydrogen-bond donors (Lipinski definition) is 1. The van der Waals surface area contributed by atoms with Gasteiger partial charge in [-0.3, -0.25) is 4.55 Å². The van der Waals surface area contributed by atoms with Gasteiger partial charge in [0.25, 0.3) is 0 Å². The molecule has 0 atom stereocenters. The lowest BCUT2D eigenvalue weighted by atomic mass is 10.3. The Hall–Kier alpha value is -2.25. The van der Waals surface area contributed by atoms with E-state index < -0.39 is 20.1 Å². The van der Waals surface area contributed by atoms with Crippen LogP contribution in [0.25, 0.3) is 4.98 Å². The molecule has 0 unspecified atom stereocenters. The first-order valence-electron chi connectivity index (χ1n) is 3.52. The summed E-state index contributed by atoms with van der Waals surface area (Å²) in [6.07, 6.45) is 0. The molecule has 0 radical (unpaired) electrons. The van der Waals surface area contributed by atoms with Crippen LogP contribution in [0.5, 0.6) is 0 Å². The van der Waals surface area contributed by atoms with E-state index >= 15 is 0 Å². The highest BCUT2D eigenvalue weighted by atomic mass is 32.2. The molecule has 0 aromatic heterocycles. The van der Waals surface area contributed by atoms with Crippen LogP contribution in [0, 0.1) is 20.7 Å². The second kappa shape index (κ2) is 5.59. The van der Waals surface area contributed by atoms with E-state index in [0.29, 0.717) is 0 Å². The first-order valence-corrected chi connectivity index (χ1v) is 4.96. The molecule has 0 bridgehead atoms. The van der Waals surface area contributed by atoms with Gasteiger partial charge >= 0.3 is 15.8 Å². The molecule has 0 fully saturated rings. The molecule has 0 amide bonds. The maximum absolute atomic E-state index is 10.6. The van der Waals surface area contributed by atoms with Gasteiger partial charge in [0.2, 0.25) is 5.39 Å². The van der Waals surface area contributed by atoms with Crippen LogP contribution >= 0.6 is 0 Å². The van der Waals surface area contributed by atoms with E-state index in [2.05, 4.69) is 4.98 Å². The van der Waals surface area contributed by atoms with Crippen molar-refractivity contribution in [3.05, 3.63) is 44.6 Å². The van der Waals surface area contributed by atoms with E-state index in [-0.39, 0.29) is 5.69 Å². The summed E-state index contributed by atoms with van der Waals surface area (Å²) in [7, 11) is -4.30. The second-order valence-corrected chi connectivity index (χ2v) is 3.66. The maximum atomic E-state index is 10.6. The summed E-state index contributed by atoms with van der Waals surface area (Å²) in [5.41, 5.74) is -0.181. The Morgan fingerprint density at radius 1 is 1.31 bits per heavy atom. The number of nitrogens with zero attached hydrogens (tertiary/aromatic N) is 3. The summed E-state index contributed by atoms with van der Waals surface area (Å²) in [4.78, 5) is 10.5. The highest BCUT2D eigenvalue weighted by molar-refractivity contribution is 7.86. The fraction of sp³-hybridized carbons (Fsp3) is 0. The first kappa shape index (κ1) is 13.8. The third-order valence-corrected chi connectivity index (χ3v) is 2.15. The van der Waals surface area contributed by atoms with E-state index in [1.165, 1.54) is 18.2 Å². The molecule has 9 nitrogen and oxygen atoms in total. The molecule has 1 aromatic rings. The van der Waals surface area contributed by atoms with Crippen molar-refractivity contribution in [3.8, 4) is 0 Å². The SMILES string of the molecule is N#[N+]c1ccccc1S(=O)(=O)O.O=[N+]([O-])[O-]. The van der Waals surface area contributed by atoms with Crippen LogP contribution in [0.1, 0.15) is 0 Å². The Morgan fingerprint density at radius 3 is 2.06 bits per heavy atom. The molecule has 0 saturated carbocycles.